The van der Waals surface area contributed by atoms with E-state index in [2.05, 4.69) is 51.1 Å². The molecule has 0 saturated carbocycles. The van der Waals surface area contributed by atoms with E-state index >= 15 is 0 Å². The van der Waals surface area contributed by atoms with Gasteiger partial charge in [-0.05, 0) is 50.7 Å². The molecule has 29 heavy (non-hydrogen) atoms. The van der Waals surface area contributed by atoms with Gasteiger partial charge >= 0.3 is 5.97 Å². The average molecular weight is 397 g/mol. The molecule has 5 atom stereocenters. The summed E-state index contributed by atoms with van der Waals surface area (Å²) < 4.78 is 7.49. The SMILES string of the molecule is CCC[N+]1(C(C)C)[C@@H]2CC[C@H]1CC(OC(=O)C1CCCC=C1c1ccccc1)C2. The predicted octanol–water partition coefficient (Wildman–Crippen LogP) is 5.74. The van der Waals surface area contributed by atoms with E-state index in [9.17, 15) is 4.79 Å². The number of nitrogens with zero attached hydrogens (tertiary/aromatic N) is 1. The number of carbonyl (C=O) groups is 1. The zero-order chi connectivity index (χ0) is 20.4. The second kappa shape index (κ2) is 8.63. The zero-order valence-corrected chi connectivity index (χ0v) is 18.5. The van der Waals surface area contributed by atoms with Gasteiger partial charge in [-0.1, -0.05) is 43.3 Å². The topological polar surface area (TPSA) is 26.3 Å². The van der Waals surface area contributed by atoms with Gasteiger partial charge in [-0.15, -0.1) is 0 Å². The lowest BCUT2D eigenvalue weighted by Gasteiger charge is -2.52. The van der Waals surface area contributed by atoms with Crippen molar-refractivity contribution in [2.75, 3.05) is 6.54 Å². The van der Waals surface area contributed by atoms with Crippen LogP contribution in [0.4, 0.5) is 0 Å². The molecule has 1 aromatic carbocycles. The minimum Gasteiger partial charge on any atom is -0.461 e. The lowest BCUT2D eigenvalue weighted by atomic mass is 9.83. The predicted molar refractivity (Wildman–Crippen MR) is 118 cm³/mol. The summed E-state index contributed by atoms with van der Waals surface area (Å²) in [5, 5.41) is 0. The normalized spacial score (nSPS) is 34.1. The maximum absolute atomic E-state index is 13.2. The van der Waals surface area contributed by atoms with Gasteiger partial charge in [-0.3, -0.25) is 4.79 Å². The van der Waals surface area contributed by atoms with Crippen molar-refractivity contribution in [2.45, 2.75) is 96.4 Å². The van der Waals surface area contributed by atoms with E-state index in [0.29, 0.717) is 18.1 Å². The molecule has 3 nitrogen and oxygen atoms in total. The molecule has 0 N–H and O–H groups in total. The Hall–Kier alpha value is -1.61. The van der Waals surface area contributed by atoms with E-state index in [4.69, 9.17) is 4.74 Å². The van der Waals surface area contributed by atoms with Crippen LogP contribution in [0.5, 0.6) is 0 Å². The van der Waals surface area contributed by atoms with Crippen LogP contribution in [-0.2, 0) is 9.53 Å². The molecular weight excluding hydrogens is 358 g/mol. The third-order valence-electron chi connectivity index (χ3n) is 7.95. The van der Waals surface area contributed by atoms with Gasteiger partial charge in [0.25, 0.3) is 0 Å². The molecule has 2 aliphatic heterocycles. The fourth-order valence-corrected chi connectivity index (χ4v) is 6.76. The fourth-order valence-electron chi connectivity index (χ4n) is 6.76. The number of fused-ring (bicyclic) bond motifs is 2. The van der Waals surface area contributed by atoms with Crippen LogP contribution in [-0.4, -0.2) is 41.2 Å². The number of esters is 1. The summed E-state index contributed by atoms with van der Waals surface area (Å²) in [5.74, 6) is -0.0741. The quantitative estimate of drug-likeness (QED) is 0.452. The zero-order valence-electron chi connectivity index (χ0n) is 18.5. The Morgan fingerprint density at radius 3 is 2.41 bits per heavy atom. The highest BCUT2D eigenvalue weighted by molar-refractivity contribution is 5.89. The first kappa shape index (κ1) is 20.7. The molecule has 0 spiro atoms. The van der Waals surface area contributed by atoms with Crippen LogP contribution in [0, 0.1) is 5.92 Å². The first-order chi connectivity index (χ1) is 14.1. The van der Waals surface area contributed by atoms with Crippen molar-refractivity contribution in [3.05, 3.63) is 42.0 Å². The molecule has 2 bridgehead atoms. The van der Waals surface area contributed by atoms with Crippen molar-refractivity contribution in [2.24, 2.45) is 5.92 Å². The highest BCUT2D eigenvalue weighted by Gasteiger charge is 2.55. The first-order valence-corrected chi connectivity index (χ1v) is 11.9. The number of hydrogen-bond donors (Lipinski definition) is 0. The lowest BCUT2D eigenvalue weighted by molar-refractivity contribution is -0.985. The highest BCUT2D eigenvalue weighted by Crippen LogP contribution is 2.46. The molecule has 2 fully saturated rings. The molecule has 3 aliphatic rings. The molecule has 0 aromatic heterocycles. The summed E-state index contributed by atoms with van der Waals surface area (Å²) in [6, 6.07) is 12.4. The summed E-state index contributed by atoms with van der Waals surface area (Å²) in [4.78, 5) is 13.2. The van der Waals surface area contributed by atoms with E-state index in [0.717, 1.165) is 32.1 Å². The average Bonchev–Trinajstić information content (AvgIpc) is 2.93. The number of carbonyl (C=O) groups excluding carboxylic acids is 1. The molecule has 158 valence electrons. The Balaban J connectivity index is 1.46. The largest absolute Gasteiger partial charge is 0.461 e. The minimum absolute atomic E-state index is 0.0178. The fraction of sp³-hybridized carbons (Fsp3) is 0.654. The second-order valence-electron chi connectivity index (χ2n) is 9.74. The van der Waals surface area contributed by atoms with Crippen molar-refractivity contribution < 1.29 is 14.0 Å². The molecule has 3 unspecified atom stereocenters. The van der Waals surface area contributed by atoms with Gasteiger partial charge in [-0.25, -0.2) is 0 Å². The van der Waals surface area contributed by atoms with Crippen molar-refractivity contribution in [3.8, 4) is 0 Å². The number of piperidine rings is 1. The summed E-state index contributed by atoms with van der Waals surface area (Å²) in [6.45, 7) is 8.38. The second-order valence-corrected chi connectivity index (χ2v) is 9.74. The first-order valence-electron chi connectivity index (χ1n) is 11.9. The third-order valence-corrected chi connectivity index (χ3v) is 7.95. The van der Waals surface area contributed by atoms with Crippen molar-refractivity contribution >= 4 is 11.5 Å². The molecule has 4 rings (SSSR count). The Kier molecular flexibility index (Phi) is 6.15. The van der Waals surface area contributed by atoms with E-state index in [1.54, 1.807) is 0 Å². The minimum atomic E-state index is -0.0919. The molecule has 2 heterocycles. The Morgan fingerprint density at radius 2 is 1.79 bits per heavy atom. The Bertz CT molecular complexity index is 724. The van der Waals surface area contributed by atoms with Crippen LogP contribution in [0.25, 0.3) is 5.57 Å². The highest BCUT2D eigenvalue weighted by atomic mass is 16.5. The van der Waals surface area contributed by atoms with Crippen molar-refractivity contribution in [3.63, 3.8) is 0 Å². The van der Waals surface area contributed by atoms with Crippen LogP contribution in [0.15, 0.2) is 36.4 Å². The monoisotopic (exact) mass is 396 g/mol. The Labute approximate surface area is 176 Å². The standard InChI is InChI=1S/C26H38NO2/c1-4-16-27(19(2)3)21-14-15-22(27)18-23(17-21)29-26(28)25-13-9-8-12-24(25)20-10-6-5-7-11-20/h5-7,10-12,19,21-23,25H,4,8-9,13-18H2,1-3H3/q+1/t21-,22+,23?,25?,27?. The van der Waals surface area contributed by atoms with Gasteiger partial charge in [0.2, 0.25) is 0 Å². The lowest BCUT2D eigenvalue weighted by Crippen LogP contribution is -2.65. The van der Waals surface area contributed by atoms with Gasteiger partial charge in [0.15, 0.2) is 0 Å². The summed E-state index contributed by atoms with van der Waals surface area (Å²) in [5.41, 5.74) is 2.36. The molecule has 0 amide bonds. The van der Waals surface area contributed by atoms with Crippen LogP contribution < -0.4 is 0 Å². The summed E-state index contributed by atoms with van der Waals surface area (Å²) >= 11 is 0. The van der Waals surface area contributed by atoms with E-state index in [1.807, 2.05) is 6.07 Å². The Morgan fingerprint density at radius 1 is 1.10 bits per heavy atom. The number of allylic oxidation sites excluding steroid dienone is 1. The van der Waals surface area contributed by atoms with Crippen LogP contribution in [0.1, 0.15) is 77.7 Å². The van der Waals surface area contributed by atoms with E-state index in [-0.39, 0.29) is 18.0 Å². The molecular formula is C26H38NO2+. The van der Waals surface area contributed by atoms with Gasteiger partial charge < -0.3 is 9.22 Å². The van der Waals surface area contributed by atoms with E-state index in [1.165, 1.54) is 41.4 Å². The molecule has 3 heteroatoms. The maximum Gasteiger partial charge on any atom is 0.313 e. The summed E-state index contributed by atoms with van der Waals surface area (Å²) in [6.07, 6.45) is 11.4. The molecule has 2 saturated heterocycles. The van der Waals surface area contributed by atoms with Gasteiger partial charge in [0, 0.05) is 25.7 Å². The number of rotatable bonds is 6. The smallest absolute Gasteiger partial charge is 0.313 e. The van der Waals surface area contributed by atoms with E-state index < -0.39 is 0 Å². The number of hydrogen-bond acceptors (Lipinski definition) is 2. The van der Waals surface area contributed by atoms with Gasteiger partial charge in [0.1, 0.15) is 6.10 Å². The van der Waals surface area contributed by atoms with Crippen molar-refractivity contribution in [1.82, 2.24) is 0 Å². The molecule has 1 aromatic rings. The molecule has 1 aliphatic carbocycles. The van der Waals surface area contributed by atoms with Gasteiger partial charge in [-0.2, -0.15) is 0 Å². The molecule has 0 radical (unpaired) electrons. The third kappa shape index (κ3) is 3.79. The maximum atomic E-state index is 13.2. The number of benzene rings is 1. The van der Waals surface area contributed by atoms with Gasteiger partial charge in [0.05, 0.1) is 30.6 Å². The van der Waals surface area contributed by atoms with Crippen LogP contribution >= 0.6 is 0 Å². The van der Waals surface area contributed by atoms with Crippen LogP contribution in [0.2, 0.25) is 0 Å². The number of ether oxygens (including phenoxy) is 1. The summed E-state index contributed by atoms with van der Waals surface area (Å²) in [7, 11) is 0. The van der Waals surface area contributed by atoms with Crippen LogP contribution in [0.3, 0.4) is 0 Å². The van der Waals surface area contributed by atoms with Crippen molar-refractivity contribution in [1.29, 1.82) is 0 Å². The number of quaternary nitrogens is 1.